The number of hydrogen-bond acceptors (Lipinski definition) is 4. The highest BCUT2D eigenvalue weighted by Crippen LogP contribution is 2.24. The van der Waals surface area contributed by atoms with Crippen LogP contribution in [-0.2, 0) is 16.0 Å². The van der Waals surface area contributed by atoms with Gasteiger partial charge in [-0.1, -0.05) is 0 Å². The van der Waals surface area contributed by atoms with Gasteiger partial charge in [0, 0.05) is 0 Å². The second-order valence-corrected chi connectivity index (χ2v) is 3.26. The minimum Gasteiger partial charge on any atom is -0.466 e. The van der Waals surface area contributed by atoms with E-state index in [0.717, 1.165) is 6.07 Å². The van der Waals surface area contributed by atoms with E-state index in [9.17, 15) is 18.0 Å². The normalized spacial score (nSPS) is 10.2. The van der Waals surface area contributed by atoms with E-state index < -0.39 is 29.5 Å². The molecule has 1 heterocycles. The number of alkyl halides is 2. The van der Waals surface area contributed by atoms with Crippen molar-refractivity contribution in [1.82, 2.24) is 4.98 Å². The third-order valence-corrected chi connectivity index (χ3v) is 2.01. The van der Waals surface area contributed by atoms with Crippen molar-refractivity contribution in [2.45, 2.75) is 19.8 Å². The molecule has 0 spiro atoms. The first-order valence-corrected chi connectivity index (χ1v) is 5.02. The average Bonchev–Trinajstić information content (AvgIpc) is 2.31. The molecule has 0 amide bonds. The van der Waals surface area contributed by atoms with Crippen molar-refractivity contribution in [2.75, 3.05) is 6.61 Å². The molecule has 7 heteroatoms. The van der Waals surface area contributed by atoms with Crippen molar-refractivity contribution in [1.29, 1.82) is 5.26 Å². The molecular weight excluding hydrogens is 249 g/mol. The zero-order valence-corrected chi connectivity index (χ0v) is 9.41. The van der Waals surface area contributed by atoms with Crippen molar-refractivity contribution >= 4 is 5.97 Å². The van der Waals surface area contributed by atoms with Crippen molar-refractivity contribution in [3.05, 3.63) is 28.8 Å². The molecule has 0 unspecified atom stereocenters. The van der Waals surface area contributed by atoms with Gasteiger partial charge >= 0.3 is 5.97 Å². The SMILES string of the molecule is CCOC(=O)Cc1cc(C(F)F)c(F)c(C#N)n1. The summed E-state index contributed by atoms with van der Waals surface area (Å²) in [5, 5.41) is 8.57. The Labute approximate surface area is 101 Å². The molecule has 0 saturated heterocycles. The predicted molar refractivity (Wildman–Crippen MR) is 54.2 cm³/mol. The Kier molecular flexibility index (Phi) is 4.66. The van der Waals surface area contributed by atoms with E-state index in [0.29, 0.717) is 0 Å². The zero-order chi connectivity index (χ0) is 13.7. The topological polar surface area (TPSA) is 63.0 Å². The summed E-state index contributed by atoms with van der Waals surface area (Å²) in [7, 11) is 0. The Balaban J connectivity index is 3.11. The second kappa shape index (κ2) is 6.00. The van der Waals surface area contributed by atoms with Crippen molar-refractivity contribution in [2.24, 2.45) is 0 Å². The van der Waals surface area contributed by atoms with Crippen LogP contribution in [0.2, 0.25) is 0 Å². The molecule has 0 aliphatic carbocycles. The van der Waals surface area contributed by atoms with Crippen LogP contribution in [0.3, 0.4) is 0 Å². The fourth-order valence-corrected chi connectivity index (χ4v) is 1.29. The van der Waals surface area contributed by atoms with Crippen LogP contribution in [0.15, 0.2) is 6.07 Å². The monoisotopic (exact) mass is 258 g/mol. The Hall–Kier alpha value is -2.10. The smallest absolute Gasteiger partial charge is 0.311 e. The fourth-order valence-electron chi connectivity index (χ4n) is 1.29. The number of aromatic nitrogens is 1. The highest BCUT2D eigenvalue weighted by molar-refractivity contribution is 5.72. The standard InChI is InChI=1S/C11H9F3N2O2/c1-2-18-9(17)4-6-3-7(11(13)14)10(12)8(5-15)16-6/h3,11H,2,4H2,1H3. The summed E-state index contributed by atoms with van der Waals surface area (Å²) < 4.78 is 42.9. The number of nitriles is 1. The quantitative estimate of drug-likeness (QED) is 0.776. The van der Waals surface area contributed by atoms with Crippen molar-refractivity contribution < 1.29 is 22.7 Å². The number of carbonyl (C=O) groups excluding carboxylic acids is 1. The predicted octanol–water partition coefficient (Wildman–Crippen LogP) is 2.14. The highest BCUT2D eigenvalue weighted by atomic mass is 19.3. The molecule has 4 nitrogen and oxygen atoms in total. The minimum absolute atomic E-state index is 0.123. The molecule has 1 rings (SSSR count). The molecule has 1 aromatic rings. The van der Waals surface area contributed by atoms with Crippen molar-refractivity contribution in [3.8, 4) is 6.07 Å². The van der Waals surface area contributed by atoms with Gasteiger partial charge in [0.15, 0.2) is 11.5 Å². The molecule has 0 radical (unpaired) electrons. The van der Waals surface area contributed by atoms with E-state index in [1.54, 1.807) is 6.92 Å². The van der Waals surface area contributed by atoms with Crippen molar-refractivity contribution in [3.63, 3.8) is 0 Å². The first kappa shape index (κ1) is 14.0. The molecule has 18 heavy (non-hydrogen) atoms. The van der Waals surface area contributed by atoms with E-state index in [4.69, 9.17) is 5.26 Å². The van der Waals surface area contributed by atoms with Gasteiger partial charge in [0.1, 0.15) is 6.07 Å². The maximum Gasteiger partial charge on any atom is 0.311 e. The summed E-state index contributed by atoms with van der Waals surface area (Å²) in [6.45, 7) is 1.72. The molecule has 1 aromatic heterocycles. The van der Waals surface area contributed by atoms with Gasteiger partial charge in [-0.2, -0.15) is 5.26 Å². The number of pyridine rings is 1. The van der Waals surface area contributed by atoms with E-state index in [1.165, 1.54) is 6.07 Å². The maximum atomic E-state index is 13.3. The Morgan fingerprint density at radius 2 is 2.28 bits per heavy atom. The van der Waals surface area contributed by atoms with Crippen LogP contribution < -0.4 is 0 Å². The largest absolute Gasteiger partial charge is 0.466 e. The lowest BCUT2D eigenvalue weighted by atomic mass is 10.1. The lowest BCUT2D eigenvalue weighted by Crippen LogP contribution is -2.11. The summed E-state index contributed by atoms with van der Waals surface area (Å²) in [6, 6.07) is 2.13. The number of halogens is 3. The highest BCUT2D eigenvalue weighted by Gasteiger charge is 2.20. The lowest BCUT2D eigenvalue weighted by Gasteiger charge is -2.06. The molecule has 0 aromatic carbocycles. The number of nitrogens with zero attached hydrogens (tertiary/aromatic N) is 2. The number of rotatable bonds is 4. The summed E-state index contributed by atoms with van der Waals surface area (Å²) in [5.41, 5.74) is -1.82. The third-order valence-electron chi connectivity index (χ3n) is 2.01. The van der Waals surface area contributed by atoms with Gasteiger partial charge in [-0.05, 0) is 13.0 Å². The van der Waals surface area contributed by atoms with Gasteiger partial charge in [0.05, 0.1) is 24.3 Å². The molecule has 0 saturated carbocycles. The fraction of sp³-hybridized carbons (Fsp3) is 0.364. The maximum absolute atomic E-state index is 13.3. The van der Waals surface area contributed by atoms with Crippen LogP contribution in [-0.4, -0.2) is 17.6 Å². The summed E-state index contributed by atoms with van der Waals surface area (Å²) in [4.78, 5) is 14.6. The van der Waals surface area contributed by atoms with E-state index >= 15 is 0 Å². The van der Waals surface area contributed by atoms with Gasteiger partial charge < -0.3 is 4.74 Å². The first-order valence-electron chi connectivity index (χ1n) is 5.02. The number of esters is 1. The van der Waals surface area contributed by atoms with Gasteiger partial charge in [0.2, 0.25) is 0 Å². The summed E-state index contributed by atoms with van der Waals surface area (Å²) in [6.07, 6.45) is -3.47. The van der Waals surface area contributed by atoms with Gasteiger partial charge in [-0.25, -0.2) is 18.2 Å². The Morgan fingerprint density at radius 3 is 2.78 bits per heavy atom. The first-order chi connectivity index (χ1) is 8.49. The molecule has 0 aliphatic heterocycles. The Bertz CT molecular complexity index is 498. The molecule has 0 atom stereocenters. The van der Waals surface area contributed by atoms with Crippen LogP contribution >= 0.6 is 0 Å². The van der Waals surface area contributed by atoms with Gasteiger partial charge in [0.25, 0.3) is 6.43 Å². The van der Waals surface area contributed by atoms with Crippen LogP contribution in [0.1, 0.15) is 30.3 Å². The van der Waals surface area contributed by atoms with Crippen LogP contribution in [0.25, 0.3) is 0 Å². The lowest BCUT2D eigenvalue weighted by molar-refractivity contribution is -0.142. The second-order valence-electron chi connectivity index (χ2n) is 3.26. The number of hydrogen-bond donors (Lipinski definition) is 0. The summed E-state index contributed by atoms with van der Waals surface area (Å²) >= 11 is 0. The molecule has 0 bridgehead atoms. The van der Waals surface area contributed by atoms with E-state index in [2.05, 4.69) is 9.72 Å². The minimum atomic E-state index is -3.08. The molecule has 0 fully saturated rings. The molecule has 0 aliphatic rings. The average molecular weight is 258 g/mol. The summed E-state index contributed by atoms with van der Waals surface area (Å²) in [5.74, 6) is -2.04. The number of ether oxygens (including phenoxy) is 1. The van der Waals surface area contributed by atoms with Gasteiger partial charge in [-0.15, -0.1) is 0 Å². The Morgan fingerprint density at radius 1 is 1.61 bits per heavy atom. The van der Waals surface area contributed by atoms with E-state index in [-0.39, 0.29) is 18.7 Å². The van der Waals surface area contributed by atoms with Crippen LogP contribution in [0, 0.1) is 17.1 Å². The van der Waals surface area contributed by atoms with Crippen LogP contribution in [0.4, 0.5) is 13.2 Å². The number of carbonyl (C=O) groups is 1. The molecular formula is C11H9F3N2O2. The molecule has 96 valence electrons. The van der Waals surface area contributed by atoms with Crippen LogP contribution in [0.5, 0.6) is 0 Å². The third kappa shape index (κ3) is 3.20. The van der Waals surface area contributed by atoms with Gasteiger partial charge in [-0.3, -0.25) is 4.79 Å². The molecule has 0 N–H and O–H groups in total. The zero-order valence-electron chi connectivity index (χ0n) is 9.41. The van der Waals surface area contributed by atoms with E-state index in [1.807, 2.05) is 0 Å².